The lowest BCUT2D eigenvalue weighted by molar-refractivity contribution is -0.277. The summed E-state index contributed by atoms with van der Waals surface area (Å²) in [6.45, 7) is -0.569. The van der Waals surface area contributed by atoms with Crippen LogP contribution in [0.4, 0.5) is 0 Å². The number of hydrogen-bond acceptors (Lipinski definition) is 8. The molecule has 5 unspecified atom stereocenters. The third-order valence-electron chi connectivity index (χ3n) is 3.96. The van der Waals surface area contributed by atoms with E-state index in [-0.39, 0.29) is 24.3 Å². The van der Waals surface area contributed by atoms with Crippen LogP contribution in [0.3, 0.4) is 0 Å². The van der Waals surface area contributed by atoms with E-state index in [2.05, 4.69) is 0 Å². The molecule has 0 saturated carbocycles. The van der Waals surface area contributed by atoms with E-state index >= 15 is 0 Å². The zero-order valence-corrected chi connectivity index (χ0v) is 13.6. The molecule has 1 heterocycles. The minimum absolute atomic E-state index is 0.0974. The Morgan fingerprint density at radius 1 is 1.20 bits per heavy atom. The number of carboxylic acids is 1. The molecule has 25 heavy (non-hydrogen) atoms. The Balaban J connectivity index is 2.21. The van der Waals surface area contributed by atoms with Gasteiger partial charge in [-0.1, -0.05) is 12.1 Å². The minimum atomic E-state index is -1.56. The number of methoxy groups -OCH3 is 1. The molecule has 0 aromatic heterocycles. The van der Waals surface area contributed by atoms with Gasteiger partial charge in [-0.05, 0) is 18.1 Å². The van der Waals surface area contributed by atoms with E-state index in [1.165, 1.54) is 13.2 Å². The van der Waals surface area contributed by atoms with Gasteiger partial charge in [0.1, 0.15) is 24.4 Å². The maximum Gasteiger partial charge on any atom is 0.303 e. The average molecular weight is 358 g/mol. The van der Waals surface area contributed by atoms with Crippen LogP contribution in [0.5, 0.6) is 11.5 Å². The quantitative estimate of drug-likeness (QED) is 0.409. The summed E-state index contributed by atoms with van der Waals surface area (Å²) in [6.07, 6.45) is -6.92. The highest BCUT2D eigenvalue weighted by atomic mass is 16.7. The number of aliphatic carboxylic acids is 1. The summed E-state index contributed by atoms with van der Waals surface area (Å²) in [5.41, 5.74) is 0.590. The number of ether oxygens (including phenoxy) is 3. The molecule has 0 spiro atoms. The largest absolute Gasteiger partial charge is 0.493 e. The molecule has 9 nitrogen and oxygen atoms in total. The van der Waals surface area contributed by atoms with Crippen molar-refractivity contribution in [2.45, 2.75) is 43.5 Å². The van der Waals surface area contributed by atoms with Crippen molar-refractivity contribution < 1.29 is 44.5 Å². The first-order valence-corrected chi connectivity index (χ1v) is 7.73. The van der Waals surface area contributed by atoms with E-state index in [0.717, 1.165) is 0 Å². The molecular weight excluding hydrogens is 336 g/mol. The molecule has 5 N–H and O–H groups in total. The summed E-state index contributed by atoms with van der Waals surface area (Å²) in [4.78, 5) is 10.8. The maximum absolute atomic E-state index is 10.8. The van der Waals surface area contributed by atoms with Gasteiger partial charge in [0.2, 0.25) is 6.29 Å². The summed E-state index contributed by atoms with van der Waals surface area (Å²) >= 11 is 0. The van der Waals surface area contributed by atoms with Gasteiger partial charge in [-0.2, -0.15) is 0 Å². The number of carboxylic acid groups (broad SMARTS) is 1. The first-order chi connectivity index (χ1) is 11.9. The van der Waals surface area contributed by atoms with Gasteiger partial charge >= 0.3 is 5.97 Å². The topological polar surface area (TPSA) is 146 Å². The van der Waals surface area contributed by atoms with Crippen LogP contribution in [-0.2, 0) is 16.0 Å². The first-order valence-electron chi connectivity index (χ1n) is 7.73. The van der Waals surface area contributed by atoms with E-state index in [9.17, 15) is 25.2 Å². The van der Waals surface area contributed by atoms with Crippen molar-refractivity contribution in [3.05, 3.63) is 23.8 Å². The van der Waals surface area contributed by atoms with Crippen molar-refractivity contribution >= 4 is 5.97 Å². The lowest BCUT2D eigenvalue weighted by Gasteiger charge is -2.39. The van der Waals surface area contributed by atoms with E-state index in [0.29, 0.717) is 5.56 Å². The molecule has 0 bridgehead atoms. The van der Waals surface area contributed by atoms with Gasteiger partial charge in [0.15, 0.2) is 11.5 Å². The second-order valence-corrected chi connectivity index (χ2v) is 5.66. The number of rotatable bonds is 7. The van der Waals surface area contributed by atoms with E-state index in [1.54, 1.807) is 12.1 Å². The summed E-state index contributed by atoms with van der Waals surface area (Å²) < 4.78 is 16.1. The molecule has 9 heteroatoms. The van der Waals surface area contributed by atoms with Crippen LogP contribution in [0.15, 0.2) is 18.2 Å². The number of hydrogen-bond donors (Lipinski definition) is 5. The maximum atomic E-state index is 10.8. The van der Waals surface area contributed by atoms with Gasteiger partial charge in [0.05, 0.1) is 13.7 Å². The summed E-state index contributed by atoms with van der Waals surface area (Å²) in [7, 11) is 1.39. The number of benzene rings is 1. The fraction of sp³-hybridized carbons (Fsp3) is 0.562. The normalized spacial score (nSPS) is 29.2. The molecular formula is C16H22O9. The Labute approximate surface area is 144 Å². The number of para-hydroxylation sites is 1. The monoisotopic (exact) mass is 358 g/mol. The number of aliphatic hydroxyl groups excluding tert-OH is 4. The van der Waals surface area contributed by atoms with Gasteiger partial charge in [-0.3, -0.25) is 4.79 Å². The second kappa shape index (κ2) is 8.45. The lowest BCUT2D eigenvalue weighted by Crippen LogP contribution is -2.60. The summed E-state index contributed by atoms with van der Waals surface area (Å²) in [6, 6.07) is 4.84. The SMILES string of the molecule is COc1c(CCC(=O)O)cccc1OC1OC(CO)C(O)C(O)C1O. The molecule has 1 aromatic rings. The molecule has 1 saturated heterocycles. The number of carbonyl (C=O) groups is 1. The van der Waals surface area contributed by atoms with E-state index in [1.807, 2.05) is 0 Å². The van der Waals surface area contributed by atoms with Gasteiger partial charge in [0.25, 0.3) is 0 Å². The lowest BCUT2D eigenvalue weighted by atomic mass is 9.99. The molecule has 140 valence electrons. The number of aliphatic hydroxyl groups is 4. The molecule has 1 aliphatic rings. The minimum Gasteiger partial charge on any atom is -0.493 e. The van der Waals surface area contributed by atoms with Crippen molar-refractivity contribution in [1.29, 1.82) is 0 Å². The van der Waals surface area contributed by atoms with Gasteiger partial charge < -0.3 is 39.7 Å². The Morgan fingerprint density at radius 3 is 2.52 bits per heavy atom. The predicted molar refractivity (Wildman–Crippen MR) is 83.3 cm³/mol. The van der Waals surface area contributed by atoms with E-state index < -0.39 is 43.3 Å². The standard InChI is InChI=1S/C16H22O9/c1-23-15-8(5-6-11(18)19)3-2-4-9(15)24-16-14(22)13(21)12(20)10(7-17)25-16/h2-4,10,12-14,16-17,20-22H,5-7H2,1H3,(H,18,19). The van der Waals surface area contributed by atoms with Crippen molar-refractivity contribution in [2.24, 2.45) is 0 Å². The highest BCUT2D eigenvalue weighted by Crippen LogP contribution is 2.34. The third kappa shape index (κ3) is 4.39. The van der Waals surface area contributed by atoms with Crippen LogP contribution in [0.25, 0.3) is 0 Å². The van der Waals surface area contributed by atoms with Crippen LogP contribution < -0.4 is 9.47 Å². The fourth-order valence-corrected chi connectivity index (χ4v) is 2.61. The smallest absolute Gasteiger partial charge is 0.303 e. The molecule has 1 aliphatic heterocycles. The zero-order chi connectivity index (χ0) is 18.6. The van der Waals surface area contributed by atoms with Crippen molar-refractivity contribution in [2.75, 3.05) is 13.7 Å². The van der Waals surface area contributed by atoms with E-state index in [4.69, 9.17) is 19.3 Å². The Bertz CT molecular complexity index is 589. The molecule has 5 atom stereocenters. The summed E-state index contributed by atoms with van der Waals surface area (Å²) in [5, 5.41) is 47.6. The number of aryl methyl sites for hydroxylation is 1. The Hall–Kier alpha value is -1.91. The van der Waals surface area contributed by atoms with Crippen molar-refractivity contribution in [3.8, 4) is 11.5 Å². The highest BCUT2D eigenvalue weighted by molar-refractivity contribution is 5.67. The molecule has 0 radical (unpaired) electrons. The average Bonchev–Trinajstić information content (AvgIpc) is 2.60. The van der Waals surface area contributed by atoms with Crippen LogP contribution in [0, 0.1) is 0 Å². The first kappa shape index (κ1) is 19.4. The molecule has 1 fully saturated rings. The van der Waals surface area contributed by atoms with Crippen LogP contribution in [0.2, 0.25) is 0 Å². The van der Waals surface area contributed by atoms with Crippen LogP contribution in [-0.4, -0.2) is 75.9 Å². The Kier molecular flexibility index (Phi) is 6.57. The Morgan fingerprint density at radius 2 is 1.92 bits per heavy atom. The third-order valence-corrected chi connectivity index (χ3v) is 3.96. The fourth-order valence-electron chi connectivity index (χ4n) is 2.61. The summed E-state index contributed by atoms with van der Waals surface area (Å²) in [5.74, 6) is -0.502. The zero-order valence-electron chi connectivity index (χ0n) is 13.6. The van der Waals surface area contributed by atoms with Crippen LogP contribution in [0.1, 0.15) is 12.0 Å². The van der Waals surface area contributed by atoms with Gasteiger partial charge in [0, 0.05) is 6.42 Å². The van der Waals surface area contributed by atoms with Gasteiger partial charge in [-0.15, -0.1) is 0 Å². The molecule has 0 aliphatic carbocycles. The van der Waals surface area contributed by atoms with Crippen molar-refractivity contribution in [3.63, 3.8) is 0 Å². The molecule has 2 rings (SSSR count). The molecule has 0 amide bonds. The van der Waals surface area contributed by atoms with Crippen LogP contribution >= 0.6 is 0 Å². The highest BCUT2D eigenvalue weighted by Gasteiger charge is 2.45. The second-order valence-electron chi connectivity index (χ2n) is 5.66. The van der Waals surface area contributed by atoms with Crippen molar-refractivity contribution in [1.82, 2.24) is 0 Å². The van der Waals surface area contributed by atoms with Gasteiger partial charge in [-0.25, -0.2) is 0 Å². The molecule has 1 aromatic carbocycles. The predicted octanol–water partition coefficient (Wildman–Crippen LogP) is -1.11.